The molecule has 0 spiro atoms. The van der Waals surface area contributed by atoms with E-state index in [0.717, 1.165) is 66.3 Å². The molecule has 0 bridgehead atoms. The number of para-hydroxylation sites is 2. The van der Waals surface area contributed by atoms with Gasteiger partial charge in [-0.05, 0) is 68.4 Å². The molecule has 0 saturated carbocycles. The van der Waals surface area contributed by atoms with Crippen LogP contribution in [0.25, 0.3) is 66.4 Å². The Morgan fingerprint density at radius 1 is 0.500 bits per heavy atom. The molecular formula is C39H23N7. The first-order chi connectivity index (χ1) is 22.5. The maximum Gasteiger partial charge on any atom is 0.161 e. The minimum absolute atomic E-state index is 0.440. The molecule has 3 aromatic heterocycles. The number of nitriles is 3. The van der Waals surface area contributed by atoms with Gasteiger partial charge in [-0.15, -0.1) is 0 Å². The summed E-state index contributed by atoms with van der Waals surface area (Å²) in [5, 5.41) is 34.4. The Balaban J connectivity index is 1.56. The average molecular weight is 590 g/mol. The molecule has 0 aliphatic carbocycles. The minimum atomic E-state index is 0.440. The van der Waals surface area contributed by atoms with Crippen LogP contribution in [0.3, 0.4) is 0 Å². The minimum Gasteiger partial charge on any atom is -0.308 e. The first kappa shape index (κ1) is 26.8. The van der Waals surface area contributed by atoms with Crippen molar-refractivity contribution in [2.75, 3.05) is 0 Å². The Labute approximate surface area is 264 Å². The van der Waals surface area contributed by atoms with Crippen LogP contribution in [0.2, 0.25) is 0 Å². The highest BCUT2D eigenvalue weighted by Crippen LogP contribution is 2.40. The molecule has 0 unspecified atom stereocenters. The summed E-state index contributed by atoms with van der Waals surface area (Å²) in [6, 6.07) is 40.3. The Kier molecular flexibility index (Phi) is 5.93. The predicted molar refractivity (Wildman–Crippen MR) is 180 cm³/mol. The average Bonchev–Trinajstić information content (AvgIpc) is 3.59. The summed E-state index contributed by atoms with van der Waals surface area (Å²) in [7, 11) is 0. The molecule has 0 atom stereocenters. The first-order valence-corrected chi connectivity index (χ1v) is 14.8. The fourth-order valence-electron chi connectivity index (χ4n) is 6.66. The summed E-state index contributed by atoms with van der Waals surface area (Å²) in [5.74, 6) is 0.527. The van der Waals surface area contributed by atoms with Gasteiger partial charge in [-0.1, -0.05) is 48.5 Å². The first-order valence-electron chi connectivity index (χ1n) is 14.8. The van der Waals surface area contributed by atoms with Crippen LogP contribution in [-0.2, 0) is 0 Å². The second-order valence-electron chi connectivity index (χ2n) is 11.4. The molecule has 8 aromatic rings. The molecule has 8 rings (SSSR count). The molecule has 5 aromatic carbocycles. The summed E-state index contributed by atoms with van der Waals surface area (Å²) in [6.07, 6.45) is 0. The van der Waals surface area contributed by atoms with Crippen LogP contribution in [0.15, 0.2) is 103 Å². The van der Waals surface area contributed by atoms with Crippen LogP contribution in [0, 0.1) is 47.8 Å². The van der Waals surface area contributed by atoms with Crippen molar-refractivity contribution in [3.63, 3.8) is 0 Å². The molecule has 0 amide bonds. The van der Waals surface area contributed by atoms with Crippen molar-refractivity contribution in [3.05, 3.63) is 131 Å². The Hall–Kier alpha value is -6.75. The van der Waals surface area contributed by atoms with E-state index >= 15 is 0 Å². The summed E-state index contributed by atoms with van der Waals surface area (Å²) < 4.78 is 4.16. The van der Waals surface area contributed by atoms with Gasteiger partial charge in [0.25, 0.3) is 0 Å². The third kappa shape index (κ3) is 3.95. The number of benzene rings is 5. The van der Waals surface area contributed by atoms with Gasteiger partial charge in [0.1, 0.15) is 6.07 Å². The smallest absolute Gasteiger partial charge is 0.161 e. The lowest BCUT2D eigenvalue weighted by Gasteiger charge is -2.18. The maximum absolute atomic E-state index is 10.7. The fourth-order valence-corrected chi connectivity index (χ4v) is 6.66. The van der Waals surface area contributed by atoms with Crippen molar-refractivity contribution in [3.8, 4) is 41.0 Å². The highest BCUT2D eigenvalue weighted by Gasteiger charge is 2.23. The van der Waals surface area contributed by atoms with E-state index in [0.29, 0.717) is 28.2 Å². The van der Waals surface area contributed by atoms with Crippen molar-refractivity contribution in [1.29, 1.82) is 15.8 Å². The number of aromatic nitrogens is 4. The van der Waals surface area contributed by atoms with Gasteiger partial charge in [0.05, 0.1) is 62.3 Å². The molecule has 0 radical (unpaired) electrons. The number of hydrogen-bond acceptors (Lipinski definition) is 5. The normalized spacial score (nSPS) is 11.2. The van der Waals surface area contributed by atoms with Crippen molar-refractivity contribution in [2.45, 2.75) is 13.8 Å². The van der Waals surface area contributed by atoms with E-state index in [1.807, 2.05) is 105 Å². The van der Waals surface area contributed by atoms with Gasteiger partial charge >= 0.3 is 0 Å². The van der Waals surface area contributed by atoms with Crippen molar-refractivity contribution < 1.29 is 0 Å². The second-order valence-corrected chi connectivity index (χ2v) is 11.4. The Morgan fingerprint density at radius 3 is 1.52 bits per heavy atom. The van der Waals surface area contributed by atoms with Crippen LogP contribution >= 0.6 is 0 Å². The lowest BCUT2D eigenvalue weighted by atomic mass is 10.0. The summed E-state index contributed by atoms with van der Waals surface area (Å²) >= 11 is 0. The van der Waals surface area contributed by atoms with Crippen LogP contribution in [0.5, 0.6) is 0 Å². The zero-order valence-electron chi connectivity index (χ0n) is 24.9. The third-order valence-electron chi connectivity index (χ3n) is 8.55. The van der Waals surface area contributed by atoms with Gasteiger partial charge in [-0.25, -0.2) is 9.97 Å². The van der Waals surface area contributed by atoms with Crippen molar-refractivity contribution >= 4 is 43.6 Å². The maximum atomic E-state index is 10.7. The highest BCUT2D eigenvalue weighted by atomic mass is 15.0. The number of aryl methyl sites for hydroxylation is 2. The summed E-state index contributed by atoms with van der Waals surface area (Å²) in [4.78, 5) is 9.77. The highest BCUT2D eigenvalue weighted by molar-refractivity contribution is 6.11. The van der Waals surface area contributed by atoms with Gasteiger partial charge in [-0.3, -0.25) is 0 Å². The Bertz CT molecular complexity index is 2690. The molecule has 3 heterocycles. The van der Waals surface area contributed by atoms with Gasteiger partial charge in [-0.2, -0.15) is 15.8 Å². The zero-order chi connectivity index (χ0) is 31.5. The number of hydrogen-bond donors (Lipinski definition) is 0. The van der Waals surface area contributed by atoms with Gasteiger partial charge < -0.3 is 9.13 Å². The van der Waals surface area contributed by atoms with E-state index in [2.05, 4.69) is 39.5 Å². The lowest BCUT2D eigenvalue weighted by Crippen LogP contribution is -2.06. The second kappa shape index (κ2) is 10.2. The SMILES string of the molecule is Cc1cc(C)nc(-c2cc(-n3c4ccccc4c4ccc(C#N)cc43)c(C#N)cc2-n2c3ccccc3c3ccc(C#N)cc32)n1. The molecule has 7 heteroatoms. The van der Waals surface area contributed by atoms with E-state index in [1.165, 1.54) is 0 Å². The van der Waals surface area contributed by atoms with Gasteiger partial charge in [0, 0.05) is 38.5 Å². The van der Waals surface area contributed by atoms with E-state index in [-0.39, 0.29) is 0 Å². The molecule has 46 heavy (non-hydrogen) atoms. The van der Waals surface area contributed by atoms with E-state index in [1.54, 1.807) is 0 Å². The van der Waals surface area contributed by atoms with Crippen LogP contribution in [0.1, 0.15) is 28.1 Å². The summed E-state index contributed by atoms with van der Waals surface area (Å²) in [5.41, 5.74) is 8.79. The standard InChI is InChI=1S/C39H23N7/c1-23-15-24(2)44-39(43-23)32-19-35(45-33-9-5-3-7-28(33)30-13-11-25(20-40)16-36(30)45)27(22-42)18-38(32)46-34-10-6-4-8-29(34)31-14-12-26(21-41)17-37(31)46/h3-19H,1-2H3. The largest absolute Gasteiger partial charge is 0.308 e. The zero-order valence-corrected chi connectivity index (χ0v) is 24.9. The van der Waals surface area contributed by atoms with E-state index in [9.17, 15) is 15.8 Å². The molecule has 214 valence electrons. The predicted octanol–water partition coefficient (Wildman–Crippen LogP) is 8.57. The topological polar surface area (TPSA) is 107 Å². The number of nitrogens with zero attached hydrogens (tertiary/aromatic N) is 7. The van der Waals surface area contributed by atoms with Crippen LogP contribution in [-0.4, -0.2) is 19.1 Å². The lowest BCUT2D eigenvalue weighted by molar-refractivity contribution is 1.05. The third-order valence-corrected chi connectivity index (χ3v) is 8.55. The monoisotopic (exact) mass is 589 g/mol. The quantitative estimate of drug-likeness (QED) is 0.205. The molecular weight excluding hydrogens is 566 g/mol. The molecule has 7 nitrogen and oxygen atoms in total. The molecule has 0 aliphatic rings. The fraction of sp³-hybridized carbons (Fsp3) is 0.0513. The van der Waals surface area contributed by atoms with Gasteiger partial charge in [0.2, 0.25) is 0 Å². The van der Waals surface area contributed by atoms with Gasteiger partial charge in [0.15, 0.2) is 5.82 Å². The summed E-state index contributed by atoms with van der Waals surface area (Å²) in [6.45, 7) is 3.89. The molecule has 0 saturated heterocycles. The van der Waals surface area contributed by atoms with Crippen LogP contribution < -0.4 is 0 Å². The van der Waals surface area contributed by atoms with E-state index < -0.39 is 0 Å². The molecule has 0 aliphatic heterocycles. The van der Waals surface area contributed by atoms with Crippen LogP contribution in [0.4, 0.5) is 0 Å². The number of fused-ring (bicyclic) bond motifs is 6. The molecule has 0 N–H and O–H groups in total. The van der Waals surface area contributed by atoms with E-state index in [4.69, 9.17) is 9.97 Å². The number of rotatable bonds is 3. The Morgan fingerprint density at radius 2 is 1.00 bits per heavy atom. The molecule has 0 fully saturated rings. The van der Waals surface area contributed by atoms with Crippen molar-refractivity contribution in [2.24, 2.45) is 0 Å². The van der Waals surface area contributed by atoms with Crippen molar-refractivity contribution in [1.82, 2.24) is 19.1 Å².